The van der Waals surface area contributed by atoms with Crippen molar-refractivity contribution in [2.75, 3.05) is 39.3 Å². The number of rotatable bonds is 12. The summed E-state index contributed by atoms with van der Waals surface area (Å²) in [6.07, 6.45) is -4.78. The van der Waals surface area contributed by atoms with Crippen LogP contribution in [0.15, 0.2) is 0 Å². The van der Waals surface area contributed by atoms with E-state index < -0.39 is 31.0 Å². The van der Waals surface area contributed by atoms with Gasteiger partial charge in [-0.3, -0.25) is 0 Å². The van der Waals surface area contributed by atoms with Crippen LogP contribution in [0.5, 0.6) is 0 Å². The number of nitrogens with zero attached hydrogens (tertiary/aromatic N) is 1. The summed E-state index contributed by atoms with van der Waals surface area (Å²) in [6, 6.07) is 0. The summed E-state index contributed by atoms with van der Waals surface area (Å²) in [7, 11) is 0. The third kappa shape index (κ3) is 7.49. The van der Waals surface area contributed by atoms with Gasteiger partial charge in [0.25, 0.3) is 0 Å². The first-order valence-corrected chi connectivity index (χ1v) is 7.24. The van der Waals surface area contributed by atoms with Gasteiger partial charge in [-0.15, -0.1) is 0 Å². The number of aliphatic hydroxyl groups is 5. The SMILES string of the molecule is CCN(CC)CCCNC[C@H](O)[C@@H](O)[C@H](O)[C@H](O)CO. The van der Waals surface area contributed by atoms with Crippen LogP contribution in [0.1, 0.15) is 20.3 Å². The third-order valence-corrected chi connectivity index (χ3v) is 3.40. The van der Waals surface area contributed by atoms with Crippen LogP contribution in [-0.4, -0.2) is 94.2 Å². The van der Waals surface area contributed by atoms with Crippen LogP contribution in [0.3, 0.4) is 0 Å². The van der Waals surface area contributed by atoms with Gasteiger partial charge < -0.3 is 35.7 Å². The smallest absolute Gasteiger partial charge is 0.111 e. The lowest BCUT2D eigenvalue weighted by Gasteiger charge is -2.26. The molecule has 0 spiro atoms. The van der Waals surface area contributed by atoms with E-state index in [0.29, 0.717) is 6.54 Å². The molecule has 0 heterocycles. The minimum Gasteiger partial charge on any atom is -0.394 e. The topological polar surface area (TPSA) is 116 Å². The lowest BCUT2D eigenvalue weighted by atomic mass is 10.0. The second-order valence-corrected chi connectivity index (χ2v) is 4.88. The van der Waals surface area contributed by atoms with E-state index in [1.54, 1.807) is 0 Å². The lowest BCUT2D eigenvalue weighted by Crippen LogP contribution is -2.49. The predicted octanol–water partition coefficient (Wildman–Crippen LogP) is -2.26. The summed E-state index contributed by atoms with van der Waals surface area (Å²) < 4.78 is 0. The maximum Gasteiger partial charge on any atom is 0.111 e. The maximum absolute atomic E-state index is 9.66. The molecule has 20 heavy (non-hydrogen) atoms. The van der Waals surface area contributed by atoms with Crippen molar-refractivity contribution in [2.45, 2.75) is 44.7 Å². The van der Waals surface area contributed by atoms with Crippen molar-refractivity contribution in [1.82, 2.24) is 10.2 Å². The Morgan fingerprint density at radius 1 is 0.950 bits per heavy atom. The van der Waals surface area contributed by atoms with Gasteiger partial charge in [0.05, 0.1) is 12.7 Å². The molecule has 0 radical (unpaired) electrons. The van der Waals surface area contributed by atoms with Gasteiger partial charge in [-0.05, 0) is 32.6 Å². The van der Waals surface area contributed by atoms with E-state index in [-0.39, 0.29) is 6.54 Å². The van der Waals surface area contributed by atoms with Crippen molar-refractivity contribution >= 4 is 0 Å². The fraction of sp³-hybridized carbons (Fsp3) is 1.00. The second-order valence-electron chi connectivity index (χ2n) is 4.88. The van der Waals surface area contributed by atoms with E-state index in [0.717, 1.165) is 26.1 Å². The molecule has 0 amide bonds. The number of hydrogen-bond acceptors (Lipinski definition) is 7. The molecule has 0 saturated carbocycles. The molecule has 0 aliphatic heterocycles. The molecule has 7 nitrogen and oxygen atoms in total. The zero-order valence-electron chi connectivity index (χ0n) is 12.4. The average Bonchev–Trinajstić information content (AvgIpc) is 2.48. The standard InChI is InChI=1S/C13H30N2O5/c1-3-15(4-2)7-5-6-14-8-10(17)12(19)13(20)11(18)9-16/h10-14,16-20H,3-9H2,1-2H3/t10-,11+,12+,13+/m0/s1. The number of nitrogens with one attached hydrogen (secondary N) is 1. The molecule has 0 aliphatic carbocycles. The molecule has 0 aromatic rings. The van der Waals surface area contributed by atoms with Crippen LogP contribution >= 0.6 is 0 Å². The normalized spacial score (nSPS) is 18.0. The van der Waals surface area contributed by atoms with Gasteiger partial charge in [0, 0.05) is 6.54 Å². The van der Waals surface area contributed by atoms with Crippen LogP contribution < -0.4 is 5.32 Å². The molecular weight excluding hydrogens is 264 g/mol. The van der Waals surface area contributed by atoms with Gasteiger partial charge in [0.2, 0.25) is 0 Å². The Balaban J connectivity index is 3.79. The van der Waals surface area contributed by atoms with Crippen LogP contribution in [0.4, 0.5) is 0 Å². The van der Waals surface area contributed by atoms with Crippen LogP contribution in [0.25, 0.3) is 0 Å². The van der Waals surface area contributed by atoms with E-state index in [4.69, 9.17) is 5.11 Å². The highest BCUT2D eigenvalue weighted by Gasteiger charge is 2.29. The largest absolute Gasteiger partial charge is 0.394 e. The summed E-state index contributed by atoms with van der Waals surface area (Å²) in [5.41, 5.74) is 0. The van der Waals surface area contributed by atoms with E-state index in [9.17, 15) is 20.4 Å². The Bertz CT molecular complexity index is 229. The van der Waals surface area contributed by atoms with Gasteiger partial charge in [-0.25, -0.2) is 0 Å². The molecule has 7 heteroatoms. The highest BCUT2D eigenvalue weighted by molar-refractivity contribution is 4.81. The van der Waals surface area contributed by atoms with Gasteiger partial charge in [-0.2, -0.15) is 0 Å². The molecule has 0 aliphatic rings. The second kappa shape index (κ2) is 11.4. The van der Waals surface area contributed by atoms with E-state index in [1.165, 1.54) is 0 Å². The average molecular weight is 294 g/mol. The summed E-state index contributed by atoms with van der Waals surface area (Å²) in [6.45, 7) is 7.32. The van der Waals surface area contributed by atoms with Crippen LogP contribution in [0, 0.1) is 0 Å². The minimum atomic E-state index is -1.56. The fourth-order valence-electron chi connectivity index (χ4n) is 1.90. The first kappa shape index (κ1) is 19.7. The monoisotopic (exact) mass is 294 g/mol. The van der Waals surface area contributed by atoms with Crippen molar-refractivity contribution in [3.8, 4) is 0 Å². The van der Waals surface area contributed by atoms with Gasteiger partial charge in [-0.1, -0.05) is 13.8 Å². The summed E-state index contributed by atoms with van der Waals surface area (Å²) in [5.74, 6) is 0. The maximum atomic E-state index is 9.66. The highest BCUT2D eigenvalue weighted by atomic mass is 16.4. The lowest BCUT2D eigenvalue weighted by molar-refractivity contribution is -0.113. The molecule has 122 valence electrons. The van der Waals surface area contributed by atoms with Crippen molar-refractivity contribution in [3.63, 3.8) is 0 Å². The number of aliphatic hydroxyl groups excluding tert-OH is 5. The molecule has 4 atom stereocenters. The molecular formula is C13H30N2O5. The highest BCUT2D eigenvalue weighted by Crippen LogP contribution is 2.04. The Hall–Kier alpha value is -0.280. The molecule has 0 rings (SSSR count). The Kier molecular flexibility index (Phi) is 11.2. The van der Waals surface area contributed by atoms with Gasteiger partial charge >= 0.3 is 0 Å². The van der Waals surface area contributed by atoms with Crippen LogP contribution in [-0.2, 0) is 0 Å². The van der Waals surface area contributed by atoms with Crippen molar-refractivity contribution < 1.29 is 25.5 Å². The van der Waals surface area contributed by atoms with Gasteiger partial charge in [0.15, 0.2) is 0 Å². The molecule has 0 bridgehead atoms. The molecule has 0 aromatic carbocycles. The van der Waals surface area contributed by atoms with E-state index in [1.807, 2.05) is 0 Å². The number of hydrogen-bond donors (Lipinski definition) is 6. The van der Waals surface area contributed by atoms with E-state index in [2.05, 4.69) is 24.1 Å². The predicted molar refractivity (Wildman–Crippen MR) is 76.4 cm³/mol. The van der Waals surface area contributed by atoms with Crippen molar-refractivity contribution in [2.24, 2.45) is 0 Å². The van der Waals surface area contributed by atoms with E-state index >= 15 is 0 Å². The fourth-order valence-corrected chi connectivity index (χ4v) is 1.90. The first-order chi connectivity index (χ1) is 9.47. The Morgan fingerprint density at radius 3 is 2.00 bits per heavy atom. The molecule has 0 fully saturated rings. The minimum absolute atomic E-state index is 0.120. The molecule has 0 aromatic heterocycles. The zero-order chi connectivity index (χ0) is 15.5. The zero-order valence-corrected chi connectivity index (χ0v) is 12.4. The molecule has 0 unspecified atom stereocenters. The quantitative estimate of drug-likeness (QED) is 0.225. The molecule has 6 N–H and O–H groups in total. The Morgan fingerprint density at radius 2 is 1.50 bits per heavy atom. The molecule has 0 saturated heterocycles. The van der Waals surface area contributed by atoms with Crippen molar-refractivity contribution in [1.29, 1.82) is 0 Å². The van der Waals surface area contributed by atoms with Gasteiger partial charge in [0.1, 0.15) is 18.3 Å². The Labute approximate surface area is 120 Å². The van der Waals surface area contributed by atoms with Crippen LogP contribution in [0.2, 0.25) is 0 Å². The van der Waals surface area contributed by atoms with Crippen molar-refractivity contribution in [3.05, 3.63) is 0 Å². The summed E-state index contributed by atoms with van der Waals surface area (Å²) >= 11 is 0. The summed E-state index contributed by atoms with van der Waals surface area (Å²) in [5, 5.41) is 49.5. The first-order valence-electron chi connectivity index (χ1n) is 7.24. The third-order valence-electron chi connectivity index (χ3n) is 3.40. The summed E-state index contributed by atoms with van der Waals surface area (Å²) in [4.78, 5) is 2.29.